The molecule has 5 heteroatoms. The minimum absolute atomic E-state index is 0.0841. The largest absolute Gasteiger partial charge is 0.414 e. The lowest BCUT2D eigenvalue weighted by Crippen LogP contribution is -2.44. The van der Waals surface area contributed by atoms with Crippen LogP contribution in [0.25, 0.3) is 0 Å². The van der Waals surface area contributed by atoms with E-state index in [0.717, 1.165) is 12.8 Å². The highest BCUT2D eigenvalue weighted by atomic mass is 28.4. The van der Waals surface area contributed by atoms with E-state index >= 15 is 0 Å². The molecule has 0 spiro atoms. The van der Waals surface area contributed by atoms with Crippen molar-refractivity contribution in [2.75, 3.05) is 6.61 Å². The Labute approximate surface area is 244 Å². The summed E-state index contributed by atoms with van der Waals surface area (Å²) in [7, 11) is -3.48. The van der Waals surface area contributed by atoms with Crippen molar-refractivity contribution in [3.05, 3.63) is 35.5 Å². The molecule has 0 amide bonds. The molecule has 1 unspecified atom stereocenters. The number of aliphatic hydroxyl groups is 1. The van der Waals surface area contributed by atoms with Crippen molar-refractivity contribution in [2.24, 2.45) is 23.2 Å². The van der Waals surface area contributed by atoms with Crippen LogP contribution in [0.1, 0.15) is 98.3 Å². The average molecular weight is 575 g/mol. The molecule has 224 valence electrons. The fraction of sp³-hybridized carbons (Fsp3) is 0.824. The quantitative estimate of drug-likeness (QED) is 0.222. The maximum Gasteiger partial charge on any atom is 0.187 e. The molecule has 3 saturated carbocycles. The first-order valence-corrected chi connectivity index (χ1v) is 22.6. The number of fused-ring (bicyclic) bond motifs is 1. The van der Waals surface area contributed by atoms with Crippen LogP contribution in [0.4, 0.5) is 0 Å². The Bertz CT molecular complexity index is 876. The van der Waals surface area contributed by atoms with E-state index < -0.39 is 16.6 Å². The third-order valence-electron chi connectivity index (χ3n) is 10.4. The Hall–Kier alpha value is -0.466. The van der Waals surface area contributed by atoms with Crippen LogP contribution in [0, 0.1) is 23.2 Å². The Morgan fingerprint density at radius 3 is 2.28 bits per heavy atom. The van der Waals surface area contributed by atoms with Crippen molar-refractivity contribution in [3.63, 3.8) is 0 Å². The molecular weight excluding hydrogens is 513 g/mol. The zero-order valence-electron chi connectivity index (χ0n) is 26.9. The Morgan fingerprint density at radius 1 is 1.03 bits per heavy atom. The molecule has 0 saturated heterocycles. The van der Waals surface area contributed by atoms with Crippen molar-refractivity contribution in [3.8, 4) is 0 Å². The summed E-state index contributed by atoms with van der Waals surface area (Å²) in [6, 6.07) is 2.45. The SMILES string of the molecule is C=C1/C(=C\C=C2/CCC[C@@]3(C)C2CC[C@@H]3[C@H](C)CO)C[C@@H](O[Si](C)(C)CCCC)C[C@@H]1O[Si](C)(C)CCCC. The van der Waals surface area contributed by atoms with E-state index in [1.807, 2.05) is 0 Å². The van der Waals surface area contributed by atoms with Gasteiger partial charge in [-0.1, -0.05) is 77.7 Å². The lowest BCUT2D eigenvalue weighted by Gasteiger charge is -2.44. The van der Waals surface area contributed by atoms with Gasteiger partial charge in [0.25, 0.3) is 0 Å². The number of hydrogen-bond acceptors (Lipinski definition) is 3. The molecule has 0 aromatic carbocycles. The van der Waals surface area contributed by atoms with E-state index in [4.69, 9.17) is 8.85 Å². The second-order valence-electron chi connectivity index (χ2n) is 14.7. The summed E-state index contributed by atoms with van der Waals surface area (Å²) < 4.78 is 13.9. The summed E-state index contributed by atoms with van der Waals surface area (Å²) in [6.45, 7) is 23.9. The predicted molar refractivity (Wildman–Crippen MR) is 173 cm³/mol. The molecule has 0 heterocycles. The number of unbranched alkanes of at least 4 members (excludes halogenated alkanes) is 2. The van der Waals surface area contributed by atoms with Gasteiger partial charge >= 0.3 is 0 Å². The van der Waals surface area contributed by atoms with Gasteiger partial charge in [-0.15, -0.1) is 0 Å². The summed E-state index contributed by atoms with van der Waals surface area (Å²) >= 11 is 0. The molecule has 1 N–H and O–H groups in total. The van der Waals surface area contributed by atoms with Crippen molar-refractivity contribution in [1.29, 1.82) is 0 Å². The smallest absolute Gasteiger partial charge is 0.187 e. The van der Waals surface area contributed by atoms with Gasteiger partial charge in [0.15, 0.2) is 16.6 Å². The van der Waals surface area contributed by atoms with Gasteiger partial charge in [-0.3, -0.25) is 0 Å². The molecule has 3 aliphatic rings. The summed E-state index contributed by atoms with van der Waals surface area (Å²) in [4.78, 5) is 0. The number of hydrogen-bond donors (Lipinski definition) is 1. The molecule has 6 atom stereocenters. The molecule has 0 bridgehead atoms. The molecule has 39 heavy (non-hydrogen) atoms. The zero-order chi connectivity index (χ0) is 28.8. The van der Waals surface area contributed by atoms with Gasteiger partial charge in [-0.05, 0) is 111 Å². The lowest BCUT2D eigenvalue weighted by atomic mass is 9.61. The first-order chi connectivity index (χ1) is 18.4. The Balaban J connectivity index is 1.85. The van der Waals surface area contributed by atoms with Gasteiger partial charge in [0.05, 0.1) is 12.2 Å². The van der Waals surface area contributed by atoms with E-state index in [1.165, 1.54) is 81.0 Å². The summed E-state index contributed by atoms with van der Waals surface area (Å²) in [5, 5.41) is 9.92. The van der Waals surface area contributed by atoms with E-state index in [9.17, 15) is 5.11 Å². The first-order valence-electron chi connectivity index (χ1n) is 16.4. The Morgan fingerprint density at radius 2 is 1.67 bits per heavy atom. The minimum atomic E-state index is -1.77. The van der Waals surface area contributed by atoms with Crippen LogP contribution in [-0.4, -0.2) is 40.6 Å². The molecule has 3 fully saturated rings. The minimum Gasteiger partial charge on any atom is -0.414 e. The molecule has 3 nitrogen and oxygen atoms in total. The molecule has 0 radical (unpaired) electrons. The summed E-state index contributed by atoms with van der Waals surface area (Å²) in [6.07, 6.45) is 18.4. The second kappa shape index (κ2) is 14.1. The molecule has 0 aromatic rings. The zero-order valence-corrected chi connectivity index (χ0v) is 28.9. The third-order valence-corrected chi connectivity index (χ3v) is 15.5. The van der Waals surface area contributed by atoms with Gasteiger partial charge in [0.1, 0.15) is 0 Å². The lowest BCUT2D eigenvalue weighted by molar-refractivity contribution is 0.0690. The fourth-order valence-electron chi connectivity index (χ4n) is 8.14. The van der Waals surface area contributed by atoms with E-state index in [2.05, 4.69) is 72.6 Å². The Kier molecular flexibility index (Phi) is 12.0. The van der Waals surface area contributed by atoms with E-state index in [0.29, 0.717) is 29.8 Å². The number of allylic oxidation sites excluding steroid dienone is 3. The van der Waals surface area contributed by atoms with Crippen LogP contribution in [0.2, 0.25) is 38.3 Å². The highest BCUT2D eigenvalue weighted by Crippen LogP contribution is 2.59. The van der Waals surface area contributed by atoms with E-state index in [-0.39, 0.29) is 12.2 Å². The second-order valence-corrected chi connectivity index (χ2v) is 23.2. The van der Waals surface area contributed by atoms with Gasteiger partial charge in [-0.2, -0.15) is 0 Å². The molecule has 0 aliphatic heterocycles. The maximum atomic E-state index is 9.92. The van der Waals surface area contributed by atoms with Gasteiger partial charge < -0.3 is 14.0 Å². The topological polar surface area (TPSA) is 38.7 Å². The molecule has 3 rings (SSSR count). The van der Waals surface area contributed by atoms with Crippen LogP contribution in [0.5, 0.6) is 0 Å². The van der Waals surface area contributed by atoms with Crippen LogP contribution < -0.4 is 0 Å². The highest BCUT2D eigenvalue weighted by Gasteiger charge is 2.50. The van der Waals surface area contributed by atoms with Crippen LogP contribution in [-0.2, 0) is 8.85 Å². The monoisotopic (exact) mass is 574 g/mol. The highest BCUT2D eigenvalue weighted by molar-refractivity contribution is 6.71. The standard InChI is InChI=1S/C34H62O3Si2/c1-10-12-21-38(6,7)36-30-23-29(27(4)33(24-30)37-39(8,9)22-13-11-2)17-16-28-15-14-20-34(5)31(26(3)25-35)18-19-32(28)34/h16-17,26,30-33,35H,4,10-15,18-25H2,1-3,5-9H3/b28-16+,29-17-/t26-,30-,31-,32?,33+,34-/m1/s1. The normalized spacial score (nSPS) is 33.1. The van der Waals surface area contributed by atoms with E-state index in [1.54, 1.807) is 5.57 Å². The summed E-state index contributed by atoms with van der Waals surface area (Å²) in [5.74, 6) is 1.68. The molecular formula is C34H62O3Si2. The average Bonchev–Trinajstić information content (AvgIpc) is 3.24. The van der Waals surface area contributed by atoms with Crippen molar-refractivity contribution < 1.29 is 14.0 Å². The number of aliphatic hydroxyl groups excluding tert-OH is 1. The number of rotatable bonds is 13. The first kappa shape index (κ1) is 33.0. The molecule has 3 aliphatic carbocycles. The van der Waals surface area contributed by atoms with Crippen molar-refractivity contribution >= 4 is 16.6 Å². The predicted octanol–water partition coefficient (Wildman–Crippen LogP) is 9.81. The third kappa shape index (κ3) is 8.53. The van der Waals surface area contributed by atoms with Crippen LogP contribution >= 0.6 is 0 Å². The van der Waals surface area contributed by atoms with Gasteiger partial charge in [0.2, 0.25) is 0 Å². The van der Waals surface area contributed by atoms with Crippen LogP contribution in [0.15, 0.2) is 35.5 Å². The van der Waals surface area contributed by atoms with Crippen molar-refractivity contribution in [2.45, 2.75) is 149 Å². The van der Waals surface area contributed by atoms with Crippen molar-refractivity contribution in [1.82, 2.24) is 0 Å². The van der Waals surface area contributed by atoms with Gasteiger partial charge in [0, 0.05) is 13.0 Å². The molecule has 0 aromatic heterocycles. The maximum absolute atomic E-state index is 9.92. The van der Waals surface area contributed by atoms with Gasteiger partial charge in [-0.25, -0.2) is 0 Å². The van der Waals surface area contributed by atoms with Crippen LogP contribution in [0.3, 0.4) is 0 Å². The fourth-order valence-corrected chi connectivity index (χ4v) is 12.9. The summed E-state index contributed by atoms with van der Waals surface area (Å²) in [5.41, 5.74) is 4.52.